The first-order valence-corrected chi connectivity index (χ1v) is 6.55. The van der Waals surface area contributed by atoms with E-state index in [1.807, 2.05) is 6.92 Å². The van der Waals surface area contributed by atoms with Crippen molar-refractivity contribution in [3.63, 3.8) is 0 Å². The van der Waals surface area contributed by atoms with Crippen molar-refractivity contribution in [2.24, 2.45) is 5.73 Å². The highest BCUT2D eigenvalue weighted by Gasteiger charge is 2.29. The highest BCUT2D eigenvalue weighted by molar-refractivity contribution is 5.23. The van der Waals surface area contributed by atoms with Gasteiger partial charge in [-0.05, 0) is 38.4 Å². The smallest absolute Gasteiger partial charge is 0.130 e. The Morgan fingerprint density at radius 3 is 2.61 bits per heavy atom. The highest BCUT2D eigenvalue weighted by Crippen LogP contribution is 2.30. The highest BCUT2D eigenvalue weighted by atomic mass is 19.1. The third-order valence-electron chi connectivity index (χ3n) is 3.86. The van der Waals surface area contributed by atoms with Crippen molar-refractivity contribution in [2.45, 2.75) is 38.3 Å². The number of rotatable bonds is 3. The summed E-state index contributed by atoms with van der Waals surface area (Å²) in [6.45, 7) is 3.26. The summed E-state index contributed by atoms with van der Waals surface area (Å²) in [5.41, 5.74) is 5.92. The molecule has 1 fully saturated rings. The maximum Gasteiger partial charge on any atom is 0.130 e. The molecule has 18 heavy (non-hydrogen) atoms. The summed E-state index contributed by atoms with van der Waals surface area (Å²) in [5.74, 6) is -0.937. The van der Waals surface area contributed by atoms with Crippen LogP contribution in [0.25, 0.3) is 0 Å². The molecule has 1 aromatic carbocycles. The number of hydrogen-bond donors (Lipinski definition) is 1. The second kappa shape index (κ2) is 5.76. The summed E-state index contributed by atoms with van der Waals surface area (Å²) in [6.07, 6.45) is 3.22. The molecule has 4 heteroatoms. The molecule has 1 saturated heterocycles. The molecule has 1 aliphatic rings. The van der Waals surface area contributed by atoms with E-state index in [4.69, 9.17) is 5.73 Å². The Bertz CT molecular complexity index is 389. The normalized spacial score (nSPS) is 23.0. The molecule has 0 bridgehead atoms. The van der Waals surface area contributed by atoms with E-state index in [9.17, 15) is 8.78 Å². The molecule has 1 heterocycles. The fraction of sp³-hybridized carbons (Fsp3) is 0.571. The molecule has 0 radical (unpaired) electrons. The van der Waals surface area contributed by atoms with Gasteiger partial charge in [0.2, 0.25) is 0 Å². The van der Waals surface area contributed by atoms with Gasteiger partial charge in [-0.15, -0.1) is 0 Å². The van der Waals surface area contributed by atoms with Gasteiger partial charge in [-0.25, -0.2) is 8.78 Å². The van der Waals surface area contributed by atoms with E-state index in [0.29, 0.717) is 6.54 Å². The third kappa shape index (κ3) is 2.54. The van der Waals surface area contributed by atoms with Crippen molar-refractivity contribution in [3.05, 3.63) is 35.4 Å². The van der Waals surface area contributed by atoms with Crippen LogP contribution in [0.3, 0.4) is 0 Å². The lowest BCUT2D eigenvalue weighted by molar-refractivity contribution is 0.104. The van der Waals surface area contributed by atoms with Crippen molar-refractivity contribution in [3.8, 4) is 0 Å². The largest absolute Gasteiger partial charge is 0.329 e. The predicted octanol–water partition coefficient (Wildman–Crippen LogP) is 2.84. The van der Waals surface area contributed by atoms with Crippen molar-refractivity contribution >= 4 is 0 Å². The van der Waals surface area contributed by atoms with Crippen LogP contribution < -0.4 is 5.73 Å². The minimum atomic E-state index is -0.469. The summed E-state index contributed by atoms with van der Waals surface area (Å²) in [7, 11) is 0. The van der Waals surface area contributed by atoms with Gasteiger partial charge in [0.15, 0.2) is 0 Å². The maximum absolute atomic E-state index is 13.8. The number of nitrogens with two attached hydrogens (primary N) is 1. The lowest BCUT2D eigenvalue weighted by Gasteiger charge is -2.39. The average molecular weight is 254 g/mol. The molecule has 0 spiro atoms. The lowest BCUT2D eigenvalue weighted by Crippen LogP contribution is -2.45. The van der Waals surface area contributed by atoms with Gasteiger partial charge in [-0.1, -0.05) is 12.5 Å². The molecule has 1 aromatic rings. The number of hydrogen-bond acceptors (Lipinski definition) is 2. The average Bonchev–Trinajstić information content (AvgIpc) is 2.38. The Labute approximate surface area is 107 Å². The van der Waals surface area contributed by atoms with Gasteiger partial charge in [0, 0.05) is 24.2 Å². The second-order valence-electron chi connectivity index (χ2n) is 4.93. The third-order valence-corrected chi connectivity index (χ3v) is 3.86. The number of piperidine rings is 1. The van der Waals surface area contributed by atoms with Crippen molar-refractivity contribution in [1.82, 2.24) is 4.90 Å². The fourth-order valence-electron chi connectivity index (χ4n) is 2.86. The van der Waals surface area contributed by atoms with Crippen LogP contribution in [0.1, 0.15) is 37.8 Å². The van der Waals surface area contributed by atoms with E-state index in [1.54, 1.807) is 0 Å². The molecule has 2 rings (SSSR count). The predicted molar refractivity (Wildman–Crippen MR) is 68.2 cm³/mol. The Balaban J connectivity index is 2.26. The van der Waals surface area contributed by atoms with Crippen LogP contribution in [0.5, 0.6) is 0 Å². The van der Waals surface area contributed by atoms with E-state index >= 15 is 0 Å². The number of nitrogens with zero attached hydrogens (tertiary/aromatic N) is 1. The van der Waals surface area contributed by atoms with Crippen LogP contribution in [0, 0.1) is 11.6 Å². The van der Waals surface area contributed by atoms with E-state index < -0.39 is 11.6 Å². The number of likely N-dealkylation sites (tertiary alicyclic amines) is 1. The second-order valence-corrected chi connectivity index (χ2v) is 4.93. The first-order valence-electron chi connectivity index (χ1n) is 6.55. The number of halogens is 2. The minimum Gasteiger partial charge on any atom is -0.329 e. The number of benzene rings is 1. The van der Waals surface area contributed by atoms with Gasteiger partial charge in [-0.3, -0.25) is 4.90 Å². The standard InChI is InChI=1S/C14H20F2N2/c1-10(14-12(15)6-4-7-13(14)16)18-8-3-2-5-11(18)9-17/h4,6-7,10-11H,2-3,5,8-9,17H2,1H3. The molecule has 100 valence electrons. The van der Waals surface area contributed by atoms with Crippen LogP contribution in [0.15, 0.2) is 18.2 Å². The van der Waals surface area contributed by atoms with Crippen LogP contribution in [-0.2, 0) is 0 Å². The van der Waals surface area contributed by atoms with Gasteiger partial charge >= 0.3 is 0 Å². The van der Waals surface area contributed by atoms with Gasteiger partial charge in [0.05, 0.1) is 0 Å². The molecular weight excluding hydrogens is 234 g/mol. The Kier molecular flexibility index (Phi) is 4.30. The molecular formula is C14H20F2N2. The van der Waals surface area contributed by atoms with Gasteiger partial charge in [0.25, 0.3) is 0 Å². The molecule has 0 aliphatic carbocycles. The van der Waals surface area contributed by atoms with Crippen molar-refractivity contribution in [1.29, 1.82) is 0 Å². The summed E-state index contributed by atoms with van der Waals surface area (Å²) < 4.78 is 27.6. The molecule has 1 aliphatic heterocycles. The summed E-state index contributed by atoms with van der Waals surface area (Å²) >= 11 is 0. The molecule has 0 aromatic heterocycles. The van der Waals surface area contributed by atoms with E-state index in [2.05, 4.69) is 4.90 Å². The molecule has 2 N–H and O–H groups in total. The van der Waals surface area contributed by atoms with Gasteiger partial charge in [-0.2, -0.15) is 0 Å². The zero-order valence-electron chi connectivity index (χ0n) is 10.7. The zero-order valence-corrected chi connectivity index (χ0v) is 10.7. The van der Waals surface area contributed by atoms with E-state index in [-0.39, 0.29) is 17.6 Å². The first kappa shape index (κ1) is 13.4. The Morgan fingerprint density at radius 2 is 2.00 bits per heavy atom. The molecule has 2 nitrogen and oxygen atoms in total. The maximum atomic E-state index is 13.8. The van der Waals surface area contributed by atoms with Gasteiger partial charge < -0.3 is 5.73 Å². The van der Waals surface area contributed by atoms with Crippen LogP contribution >= 0.6 is 0 Å². The zero-order chi connectivity index (χ0) is 13.1. The monoisotopic (exact) mass is 254 g/mol. The topological polar surface area (TPSA) is 29.3 Å². The summed E-state index contributed by atoms with van der Waals surface area (Å²) in [4.78, 5) is 2.13. The first-order chi connectivity index (χ1) is 8.65. The van der Waals surface area contributed by atoms with Crippen molar-refractivity contribution < 1.29 is 8.78 Å². The molecule has 0 saturated carbocycles. The van der Waals surface area contributed by atoms with Crippen LogP contribution in [0.4, 0.5) is 8.78 Å². The quantitative estimate of drug-likeness (QED) is 0.898. The lowest BCUT2D eigenvalue weighted by atomic mass is 9.96. The Hall–Kier alpha value is -1.00. The molecule has 2 unspecified atom stereocenters. The van der Waals surface area contributed by atoms with Gasteiger partial charge in [0.1, 0.15) is 11.6 Å². The van der Waals surface area contributed by atoms with E-state index in [1.165, 1.54) is 18.2 Å². The molecule has 2 atom stereocenters. The van der Waals surface area contributed by atoms with Crippen LogP contribution in [-0.4, -0.2) is 24.0 Å². The fourth-order valence-corrected chi connectivity index (χ4v) is 2.86. The van der Waals surface area contributed by atoms with Crippen LogP contribution in [0.2, 0.25) is 0 Å². The van der Waals surface area contributed by atoms with Crippen molar-refractivity contribution in [2.75, 3.05) is 13.1 Å². The molecule has 0 amide bonds. The van der Waals surface area contributed by atoms with E-state index in [0.717, 1.165) is 25.8 Å². The Morgan fingerprint density at radius 1 is 1.33 bits per heavy atom. The summed E-state index contributed by atoms with van der Waals surface area (Å²) in [6, 6.07) is 4.00. The minimum absolute atomic E-state index is 0.165. The SMILES string of the molecule is CC(c1c(F)cccc1F)N1CCCCC1CN. The summed E-state index contributed by atoms with van der Waals surface area (Å²) in [5, 5.41) is 0.